The van der Waals surface area contributed by atoms with E-state index in [0.29, 0.717) is 0 Å². The molecule has 0 aliphatic heterocycles. The first-order chi connectivity index (χ1) is 8.29. The fourth-order valence-corrected chi connectivity index (χ4v) is 4.35. The lowest BCUT2D eigenvalue weighted by Crippen LogP contribution is -2.43. The molecule has 0 bridgehead atoms. The number of thioether (sulfide) groups is 1. The third-order valence-corrected chi connectivity index (χ3v) is 6.00. The van der Waals surface area contributed by atoms with Crippen LogP contribution in [0.5, 0.6) is 0 Å². The average molecular weight is 255 g/mol. The molecule has 17 heavy (non-hydrogen) atoms. The van der Waals surface area contributed by atoms with E-state index >= 15 is 0 Å². The predicted molar refractivity (Wildman–Crippen MR) is 78.7 cm³/mol. The van der Waals surface area contributed by atoms with Crippen LogP contribution in [0.25, 0.3) is 0 Å². The van der Waals surface area contributed by atoms with Crippen molar-refractivity contribution in [2.24, 2.45) is 5.92 Å². The van der Waals surface area contributed by atoms with Crippen molar-refractivity contribution < 1.29 is 0 Å². The first kappa shape index (κ1) is 13.7. The van der Waals surface area contributed by atoms with E-state index < -0.39 is 0 Å². The summed E-state index contributed by atoms with van der Waals surface area (Å²) in [6, 6.07) is 1.57. The summed E-state index contributed by atoms with van der Waals surface area (Å²) in [6.45, 7) is 2.43. The monoisotopic (exact) mass is 255 g/mol. The van der Waals surface area contributed by atoms with Gasteiger partial charge in [0.15, 0.2) is 0 Å². The van der Waals surface area contributed by atoms with E-state index in [1.54, 1.807) is 0 Å². The van der Waals surface area contributed by atoms with E-state index in [9.17, 15) is 0 Å². The van der Waals surface area contributed by atoms with Crippen LogP contribution in [0.15, 0.2) is 0 Å². The number of nitrogens with one attached hydrogen (secondary N) is 1. The molecule has 1 N–H and O–H groups in total. The van der Waals surface area contributed by atoms with Crippen molar-refractivity contribution in [3.8, 4) is 0 Å². The fraction of sp³-hybridized carbons (Fsp3) is 1.00. The van der Waals surface area contributed by atoms with Gasteiger partial charge in [-0.05, 0) is 57.6 Å². The van der Waals surface area contributed by atoms with Crippen LogP contribution < -0.4 is 5.32 Å². The van der Waals surface area contributed by atoms with Gasteiger partial charge in [0, 0.05) is 17.3 Å². The Labute approximate surface area is 112 Å². The first-order valence-electron chi connectivity index (χ1n) is 7.58. The highest BCUT2D eigenvalue weighted by Crippen LogP contribution is 2.30. The molecule has 1 atom stereocenters. The molecular weight excluding hydrogens is 226 g/mol. The van der Waals surface area contributed by atoms with E-state index in [1.807, 2.05) is 0 Å². The summed E-state index contributed by atoms with van der Waals surface area (Å²) < 4.78 is 0. The Hall–Kier alpha value is 0.310. The summed E-state index contributed by atoms with van der Waals surface area (Å²) in [5.41, 5.74) is 0. The highest BCUT2D eigenvalue weighted by Gasteiger charge is 2.25. The van der Waals surface area contributed by atoms with Crippen molar-refractivity contribution in [2.75, 3.05) is 6.26 Å². The Bertz CT molecular complexity index is 205. The third-order valence-electron chi connectivity index (χ3n) is 4.86. The Morgan fingerprint density at radius 1 is 0.941 bits per heavy atom. The van der Waals surface area contributed by atoms with Crippen molar-refractivity contribution in [2.45, 2.75) is 82.0 Å². The van der Waals surface area contributed by atoms with Crippen LogP contribution in [-0.4, -0.2) is 23.6 Å². The van der Waals surface area contributed by atoms with Crippen LogP contribution in [0, 0.1) is 5.92 Å². The second-order valence-corrected chi connectivity index (χ2v) is 7.20. The highest BCUT2D eigenvalue weighted by molar-refractivity contribution is 7.99. The second kappa shape index (κ2) is 7.04. The molecule has 0 aromatic rings. The molecule has 0 saturated heterocycles. The van der Waals surface area contributed by atoms with Crippen molar-refractivity contribution in [3.63, 3.8) is 0 Å². The van der Waals surface area contributed by atoms with Crippen LogP contribution in [0.1, 0.15) is 64.7 Å². The van der Waals surface area contributed by atoms with E-state index in [1.165, 1.54) is 57.8 Å². The molecule has 0 spiro atoms. The van der Waals surface area contributed by atoms with Crippen molar-refractivity contribution >= 4 is 11.8 Å². The molecule has 2 rings (SSSR count). The third kappa shape index (κ3) is 4.17. The first-order valence-corrected chi connectivity index (χ1v) is 8.87. The van der Waals surface area contributed by atoms with Crippen molar-refractivity contribution in [1.29, 1.82) is 0 Å². The van der Waals surface area contributed by atoms with Gasteiger partial charge in [0.05, 0.1) is 0 Å². The maximum atomic E-state index is 3.92. The molecule has 2 saturated carbocycles. The molecule has 0 aromatic carbocycles. The Kier molecular flexibility index (Phi) is 5.68. The SMILES string of the molecule is CSC1CCC(NC(C)C2CCCCC2)CC1. The number of rotatable bonds is 4. The lowest BCUT2D eigenvalue weighted by Gasteiger charge is -2.34. The van der Waals surface area contributed by atoms with E-state index in [0.717, 1.165) is 23.3 Å². The summed E-state index contributed by atoms with van der Waals surface area (Å²) in [5, 5.41) is 4.87. The van der Waals surface area contributed by atoms with Gasteiger partial charge >= 0.3 is 0 Å². The Balaban J connectivity index is 1.69. The van der Waals surface area contributed by atoms with Gasteiger partial charge in [-0.1, -0.05) is 19.3 Å². The van der Waals surface area contributed by atoms with Crippen LogP contribution in [0.4, 0.5) is 0 Å². The Morgan fingerprint density at radius 2 is 1.59 bits per heavy atom. The minimum absolute atomic E-state index is 0.756. The van der Waals surface area contributed by atoms with Gasteiger partial charge in [0.25, 0.3) is 0 Å². The molecule has 0 heterocycles. The van der Waals surface area contributed by atoms with Gasteiger partial charge < -0.3 is 5.32 Å². The molecular formula is C15H29NS. The van der Waals surface area contributed by atoms with Gasteiger partial charge in [-0.15, -0.1) is 0 Å². The zero-order valence-corrected chi connectivity index (χ0v) is 12.4. The normalized spacial score (nSPS) is 33.5. The van der Waals surface area contributed by atoms with Gasteiger partial charge in [-0.25, -0.2) is 0 Å². The maximum Gasteiger partial charge on any atom is 0.00704 e. The Morgan fingerprint density at radius 3 is 2.18 bits per heavy atom. The molecule has 100 valence electrons. The molecule has 2 fully saturated rings. The molecule has 0 aromatic heterocycles. The van der Waals surface area contributed by atoms with E-state index in [2.05, 4.69) is 30.3 Å². The van der Waals surface area contributed by atoms with Crippen molar-refractivity contribution in [3.05, 3.63) is 0 Å². The van der Waals surface area contributed by atoms with Crippen LogP contribution in [0.3, 0.4) is 0 Å². The fourth-order valence-electron chi connectivity index (χ4n) is 3.61. The minimum Gasteiger partial charge on any atom is -0.311 e. The largest absolute Gasteiger partial charge is 0.311 e. The van der Waals surface area contributed by atoms with E-state index in [4.69, 9.17) is 0 Å². The van der Waals surface area contributed by atoms with Crippen LogP contribution >= 0.6 is 11.8 Å². The molecule has 0 amide bonds. The van der Waals surface area contributed by atoms with Gasteiger partial charge in [0.1, 0.15) is 0 Å². The number of hydrogen-bond acceptors (Lipinski definition) is 2. The van der Waals surface area contributed by atoms with Gasteiger partial charge in [0.2, 0.25) is 0 Å². The average Bonchev–Trinajstić information content (AvgIpc) is 2.40. The summed E-state index contributed by atoms with van der Waals surface area (Å²) in [7, 11) is 0. The molecule has 1 unspecified atom stereocenters. The zero-order valence-electron chi connectivity index (χ0n) is 11.6. The lowest BCUT2D eigenvalue weighted by molar-refractivity contribution is 0.245. The minimum atomic E-state index is 0.756. The molecule has 0 radical (unpaired) electrons. The van der Waals surface area contributed by atoms with E-state index in [-0.39, 0.29) is 0 Å². The topological polar surface area (TPSA) is 12.0 Å². The molecule has 2 heteroatoms. The number of hydrogen-bond donors (Lipinski definition) is 1. The summed E-state index contributed by atoms with van der Waals surface area (Å²) in [4.78, 5) is 0. The quantitative estimate of drug-likeness (QED) is 0.807. The molecule has 2 aliphatic carbocycles. The standard InChI is InChI=1S/C15H29NS/c1-12(13-6-4-3-5-7-13)16-14-8-10-15(17-2)11-9-14/h12-16H,3-11H2,1-2H3. The molecule has 1 nitrogen and oxygen atoms in total. The van der Waals surface area contributed by atoms with Gasteiger partial charge in [-0.2, -0.15) is 11.8 Å². The summed E-state index contributed by atoms with van der Waals surface area (Å²) >= 11 is 2.07. The second-order valence-electron chi connectivity index (χ2n) is 6.06. The van der Waals surface area contributed by atoms with Crippen LogP contribution in [0.2, 0.25) is 0 Å². The maximum absolute atomic E-state index is 3.92. The predicted octanol–water partition coefficient (Wildman–Crippen LogP) is 4.22. The summed E-state index contributed by atoms with van der Waals surface area (Å²) in [6.07, 6.45) is 15.3. The summed E-state index contributed by atoms with van der Waals surface area (Å²) in [5.74, 6) is 0.960. The van der Waals surface area contributed by atoms with Crippen molar-refractivity contribution in [1.82, 2.24) is 5.32 Å². The lowest BCUT2D eigenvalue weighted by atomic mass is 9.83. The zero-order chi connectivity index (χ0) is 12.1. The van der Waals surface area contributed by atoms with Gasteiger partial charge in [-0.3, -0.25) is 0 Å². The smallest absolute Gasteiger partial charge is 0.00704 e. The van der Waals surface area contributed by atoms with Crippen LogP contribution in [-0.2, 0) is 0 Å². The highest BCUT2D eigenvalue weighted by atomic mass is 32.2. The molecule has 2 aliphatic rings.